The number of halogens is 1. The van der Waals surface area contributed by atoms with Crippen LogP contribution in [0, 0.1) is 11.7 Å². The maximum Gasteiger partial charge on any atom is 0.319 e. The van der Waals surface area contributed by atoms with E-state index >= 15 is 0 Å². The molecule has 6 heteroatoms. The Kier molecular flexibility index (Phi) is 4.77. The molecule has 21 heavy (non-hydrogen) atoms. The van der Waals surface area contributed by atoms with Gasteiger partial charge in [-0.05, 0) is 36.5 Å². The van der Waals surface area contributed by atoms with Crippen LogP contribution in [-0.4, -0.2) is 24.5 Å². The minimum atomic E-state index is -0.557. The van der Waals surface area contributed by atoms with E-state index in [0.717, 1.165) is 6.42 Å². The smallest absolute Gasteiger partial charge is 0.319 e. The van der Waals surface area contributed by atoms with Gasteiger partial charge in [-0.3, -0.25) is 4.79 Å². The van der Waals surface area contributed by atoms with Crippen molar-refractivity contribution in [3.63, 3.8) is 0 Å². The average Bonchev–Trinajstić information content (AvgIpc) is 2.43. The van der Waals surface area contributed by atoms with Gasteiger partial charge in [-0.1, -0.05) is 19.9 Å². The molecule has 1 aliphatic rings. The minimum Gasteiger partial charge on any atom is -0.354 e. The number of aryl methyl sites for hydroxylation is 1. The molecule has 0 unspecified atom stereocenters. The fourth-order valence-corrected chi connectivity index (χ4v) is 2.39. The van der Waals surface area contributed by atoms with Crippen LogP contribution in [0.2, 0.25) is 0 Å². The molecule has 3 N–H and O–H groups in total. The van der Waals surface area contributed by atoms with Gasteiger partial charge in [-0.25, -0.2) is 9.18 Å². The van der Waals surface area contributed by atoms with Crippen LogP contribution in [0.15, 0.2) is 18.2 Å². The third-order valence-corrected chi connectivity index (χ3v) is 3.73. The Morgan fingerprint density at radius 2 is 2.24 bits per heavy atom. The maximum absolute atomic E-state index is 13.6. The summed E-state index contributed by atoms with van der Waals surface area (Å²) in [7, 11) is 0. The highest BCUT2D eigenvalue weighted by Crippen LogP contribution is 2.16. The lowest BCUT2D eigenvalue weighted by Gasteiger charge is -2.28. The van der Waals surface area contributed by atoms with Crippen molar-refractivity contribution in [3.05, 3.63) is 29.6 Å². The monoisotopic (exact) mass is 293 g/mol. The summed E-state index contributed by atoms with van der Waals surface area (Å²) in [5.74, 6) is -0.459. The number of carbonyl (C=O) groups excluding carboxylic acids is 2. The van der Waals surface area contributed by atoms with E-state index in [0.29, 0.717) is 24.2 Å². The van der Waals surface area contributed by atoms with Crippen molar-refractivity contribution in [1.29, 1.82) is 0 Å². The molecule has 0 radical (unpaired) electrons. The molecule has 0 saturated carbocycles. The second-order valence-corrected chi connectivity index (χ2v) is 5.29. The van der Waals surface area contributed by atoms with Crippen molar-refractivity contribution in [1.82, 2.24) is 10.6 Å². The first-order valence-electron chi connectivity index (χ1n) is 7.15. The number of benzene rings is 1. The summed E-state index contributed by atoms with van der Waals surface area (Å²) in [5, 5.41) is 7.90. The summed E-state index contributed by atoms with van der Waals surface area (Å²) in [6.07, 6.45) is 1.41. The van der Waals surface area contributed by atoms with Gasteiger partial charge in [-0.2, -0.15) is 0 Å². The average molecular weight is 293 g/mol. The van der Waals surface area contributed by atoms with Gasteiger partial charge in [-0.15, -0.1) is 0 Å². The van der Waals surface area contributed by atoms with E-state index in [1.807, 2.05) is 13.8 Å². The lowest BCUT2D eigenvalue weighted by Crippen LogP contribution is -2.55. The van der Waals surface area contributed by atoms with Gasteiger partial charge in [0.25, 0.3) is 0 Å². The number of hydrogen-bond donors (Lipinski definition) is 3. The van der Waals surface area contributed by atoms with E-state index in [1.54, 1.807) is 12.1 Å². The van der Waals surface area contributed by atoms with Crippen molar-refractivity contribution in [2.75, 3.05) is 11.9 Å². The van der Waals surface area contributed by atoms with E-state index in [1.165, 1.54) is 6.07 Å². The molecule has 0 aromatic heterocycles. The molecule has 1 aliphatic heterocycles. The normalized spacial score (nSPS) is 21.6. The number of urea groups is 1. The Morgan fingerprint density at radius 3 is 2.86 bits per heavy atom. The van der Waals surface area contributed by atoms with Gasteiger partial charge in [0.05, 0.1) is 0 Å². The second-order valence-electron chi connectivity index (χ2n) is 5.29. The molecule has 0 aliphatic carbocycles. The lowest BCUT2D eigenvalue weighted by atomic mass is 9.94. The number of carbonyl (C=O) groups is 2. The fourth-order valence-electron chi connectivity index (χ4n) is 2.39. The number of amides is 3. The summed E-state index contributed by atoms with van der Waals surface area (Å²) in [6, 6.07) is 3.50. The standard InChI is InChI=1S/C15H20FN3O2/c1-3-10-4-5-11(8-12(10)16)18-15(21)19-13-9(2)6-7-17-14(13)20/h4-5,8-9,13H,3,6-7H2,1-2H3,(H,17,20)(H2,18,19,21)/t9-,13+/m1/s1. The Balaban J connectivity index is 1.98. The van der Waals surface area contributed by atoms with Crippen molar-refractivity contribution in [2.45, 2.75) is 32.7 Å². The number of anilines is 1. The summed E-state index contributed by atoms with van der Waals surface area (Å²) in [5.41, 5.74) is 0.965. The molecule has 1 aromatic carbocycles. The zero-order valence-electron chi connectivity index (χ0n) is 12.2. The highest BCUT2D eigenvalue weighted by molar-refractivity contribution is 5.94. The molecule has 2 atom stereocenters. The minimum absolute atomic E-state index is 0.0729. The largest absolute Gasteiger partial charge is 0.354 e. The predicted molar refractivity (Wildman–Crippen MR) is 78.5 cm³/mol. The Morgan fingerprint density at radius 1 is 1.48 bits per heavy atom. The Bertz CT molecular complexity index is 548. The highest BCUT2D eigenvalue weighted by atomic mass is 19.1. The molecule has 5 nitrogen and oxygen atoms in total. The predicted octanol–water partition coefficient (Wildman–Crippen LogP) is 2.03. The molecule has 1 saturated heterocycles. The van der Waals surface area contributed by atoms with Crippen LogP contribution in [0.3, 0.4) is 0 Å². The molecule has 1 heterocycles. The van der Waals surface area contributed by atoms with Gasteiger partial charge in [0.15, 0.2) is 0 Å². The van der Waals surface area contributed by atoms with Gasteiger partial charge < -0.3 is 16.0 Å². The van der Waals surface area contributed by atoms with Crippen LogP contribution in [0.25, 0.3) is 0 Å². The number of rotatable bonds is 3. The molecule has 2 rings (SSSR count). The van der Waals surface area contributed by atoms with Crippen molar-refractivity contribution >= 4 is 17.6 Å². The second kappa shape index (κ2) is 6.56. The fraction of sp³-hybridized carbons (Fsp3) is 0.467. The van der Waals surface area contributed by atoms with E-state index < -0.39 is 12.1 Å². The third-order valence-electron chi connectivity index (χ3n) is 3.73. The molecular weight excluding hydrogens is 273 g/mol. The van der Waals surface area contributed by atoms with Crippen LogP contribution in [0.1, 0.15) is 25.8 Å². The topological polar surface area (TPSA) is 70.2 Å². The van der Waals surface area contributed by atoms with E-state index in [4.69, 9.17) is 0 Å². The van der Waals surface area contributed by atoms with E-state index in [2.05, 4.69) is 16.0 Å². The summed E-state index contributed by atoms with van der Waals surface area (Å²) < 4.78 is 13.6. The molecule has 0 spiro atoms. The quantitative estimate of drug-likeness (QED) is 0.798. The van der Waals surface area contributed by atoms with Crippen LogP contribution in [-0.2, 0) is 11.2 Å². The zero-order chi connectivity index (χ0) is 15.4. The number of piperidine rings is 1. The lowest BCUT2D eigenvalue weighted by molar-refractivity contribution is -0.125. The Hall–Kier alpha value is -2.11. The molecule has 114 valence electrons. The van der Waals surface area contributed by atoms with Gasteiger partial charge >= 0.3 is 6.03 Å². The summed E-state index contributed by atoms with van der Waals surface area (Å²) >= 11 is 0. The van der Waals surface area contributed by atoms with E-state index in [-0.39, 0.29) is 17.6 Å². The number of hydrogen-bond acceptors (Lipinski definition) is 2. The van der Waals surface area contributed by atoms with Crippen LogP contribution in [0.4, 0.5) is 14.9 Å². The van der Waals surface area contributed by atoms with Gasteiger partial charge in [0.2, 0.25) is 5.91 Å². The number of nitrogens with one attached hydrogen (secondary N) is 3. The first-order chi connectivity index (χ1) is 10.0. The van der Waals surface area contributed by atoms with Crippen LogP contribution >= 0.6 is 0 Å². The third kappa shape index (κ3) is 3.71. The summed E-state index contributed by atoms with van der Waals surface area (Å²) in [4.78, 5) is 23.6. The van der Waals surface area contributed by atoms with E-state index in [9.17, 15) is 14.0 Å². The summed E-state index contributed by atoms with van der Waals surface area (Å²) in [6.45, 7) is 4.41. The zero-order valence-corrected chi connectivity index (χ0v) is 12.2. The molecular formula is C15H20FN3O2. The Labute approximate surface area is 123 Å². The first-order valence-corrected chi connectivity index (χ1v) is 7.15. The molecule has 3 amide bonds. The molecule has 1 fully saturated rings. The highest BCUT2D eigenvalue weighted by Gasteiger charge is 2.30. The molecule has 1 aromatic rings. The SMILES string of the molecule is CCc1ccc(NC(=O)N[C@@H]2C(=O)NCC[C@H]2C)cc1F. The van der Waals surface area contributed by atoms with Crippen molar-refractivity contribution < 1.29 is 14.0 Å². The van der Waals surface area contributed by atoms with Gasteiger partial charge in [0, 0.05) is 12.2 Å². The van der Waals surface area contributed by atoms with Crippen LogP contribution < -0.4 is 16.0 Å². The first kappa shape index (κ1) is 15.3. The van der Waals surface area contributed by atoms with Gasteiger partial charge in [0.1, 0.15) is 11.9 Å². The maximum atomic E-state index is 13.6. The van der Waals surface area contributed by atoms with Crippen molar-refractivity contribution in [2.24, 2.45) is 5.92 Å². The molecule has 0 bridgehead atoms. The van der Waals surface area contributed by atoms with Crippen LogP contribution in [0.5, 0.6) is 0 Å². The van der Waals surface area contributed by atoms with Crippen molar-refractivity contribution in [3.8, 4) is 0 Å².